The highest BCUT2D eigenvalue weighted by Crippen LogP contribution is 2.04. The summed E-state index contributed by atoms with van der Waals surface area (Å²) in [6.45, 7) is 3.53. The van der Waals surface area contributed by atoms with Crippen LogP contribution in [0.2, 0.25) is 0 Å². The lowest BCUT2D eigenvalue weighted by atomic mass is 10.0. The van der Waals surface area contributed by atoms with Crippen LogP contribution >= 0.6 is 0 Å². The molecular weight excluding hydrogens is 158 g/mol. The average Bonchev–Trinajstić information content (AvgIpc) is 1.96. The first-order chi connectivity index (χ1) is 5.57. The van der Waals surface area contributed by atoms with E-state index in [4.69, 9.17) is 5.11 Å². The van der Waals surface area contributed by atoms with Crippen LogP contribution in [0.25, 0.3) is 0 Å². The van der Waals surface area contributed by atoms with Gasteiger partial charge in [-0.25, -0.2) is 0 Å². The maximum atomic E-state index is 10.6. The van der Waals surface area contributed by atoms with Crippen LogP contribution in [0.15, 0.2) is 0 Å². The van der Waals surface area contributed by atoms with Gasteiger partial charge in [0.05, 0.1) is 5.92 Å². The Labute approximate surface area is 72.0 Å². The Kier molecular flexibility index (Phi) is 5.08. The molecule has 0 aliphatic rings. The Morgan fingerprint density at radius 3 is 2.42 bits per heavy atom. The third-order valence-corrected chi connectivity index (χ3v) is 1.58. The molecule has 70 valence electrons. The third kappa shape index (κ3) is 4.71. The van der Waals surface area contributed by atoms with Crippen molar-refractivity contribution in [2.45, 2.75) is 26.7 Å². The lowest BCUT2D eigenvalue weighted by molar-refractivity contribution is -0.141. The summed E-state index contributed by atoms with van der Waals surface area (Å²) in [6, 6.07) is 0. The van der Waals surface area contributed by atoms with Gasteiger partial charge in [-0.2, -0.15) is 0 Å². The number of amides is 1. The van der Waals surface area contributed by atoms with E-state index in [1.54, 1.807) is 0 Å². The van der Waals surface area contributed by atoms with E-state index < -0.39 is 11.9 Å². The zero-order chi connectivity index (χ0) is 9.56. The second-order valence-electron chi connectivity index (χ2n) is 2.76. The van der Waals surface area contributed by atoms with Gasteiger partial charge in [0, 0.05) is 13.5 Å². The van der Waals surface area contributed by atoms with E-state index in [2.05, 4.69) is 5.32 Å². The minimum Gasteiger partial charge on any atom is -0.481 e. The number of carboxylic acids is 1. The molecule has 0 saturated heterocycles. The number of nitrogens with one attached hydrogen (secondary N) is 1. The standard InChI is InChI=1S/C8H15NO3/c1-3-4-7(8(11)12)5-9-6(2)10/h7H,3-5H2,1-2H3,(H,9,10)(H,11,12). The summed E-state index contributed by atoms with van der Waals surface area (Å²) in [4.78, 5) is 21.0. The summed E-state index contributed by atoms with van der Waals surface area (Å²) in [5, 5.41) is 11.2. The van der Waals surface area contributed by atoms with Crippen LogP contribution < -0.4 is 5.32 Å². The monoisotopic (exact) mass is 173 g/mol. The number of carbonyl (C=O) groups excluding carboxylic acids is 1. The fourth-order valence-electron chi connectivity index (χ4n) is 0.928. The maximum absolute atomic E-state index is 10.6. The maximum Gasteiger partial charge on any atom is 0.308 e. The van der Waals surface area contributed by atoms with Gasteiger partial charge in [0.15, 0.2) is 0 Å². The fourth-order valence-corrected chi connectivity index (χ4v) is 0.928. The summed E-state index contributed by atoms with van der Waals surface area (Å²) in [5.41, 5.74) is 0. The van der Waals surface area contributed by atoms with Crippen LogP contribution in [0, 0.1) is 5.92 Å². The Morgan fingerprint density at radius 2 is 2.08 bits per heavy atom. The minimum atomic E-state index is -0.842. The lowest BCUT2D eigenvalue weighted by Crippen LogP contribution is -2.31. The Balaban J connectivity index is 3.79. The number of hydrogen-bond acceptors (Lipinski definition) is 2. The average molecular weight is 173 g/mol. The molecule has 0 aliphatic heterocycles. The van der Waals surface area contributed by atoms with E-state index in [1.807, 2.05) is 6.92 Å². The van der Waals surface area contributed by atoms with Crippen LogP contribution in [-0.4, -0.2) is 23.5 Å². The zero-order valence-corrected chi connectivity index (χ0v) is 7.46. The smallest absolute Gasteiger partial charge is 0.308 e. The summed E-state index contributed by atoms with van der Waals surface area (Å²) in [6.07, 6.45) is 1.42. The third-order valence-electron chi connectivity index (χ3n) is 1.58. The molecule has 4 nitrogen and oxygen atoms in total. The van der Waals surface area contributed by atoms with Gasteiger partial charge >= 0.3 is 5.97 Å². The number of rotatable bonds is 5. The molecule has 12 heavy (non-hydrogen) atoms. The van der Waals surface area contributed by atoms with Gasteiger partial charge in [0.25, 0.3) is 0 Å². The van der Waals surface area contributed by atoms with E-state index in [9.17, 15) is 9.59 Å². The van der Waals surface area contributed by atoms with E-state index in [0.717, 1.165) is 6.42 Å². The van der Waals surface area contributed by atoms with Gasteiger partial charge < -0.3 is 10.4 Å². The number of carboxylic acid groups (broad SMARTS) is 1. The summed E-state index contributed by atoms with van der Waals surface area (Å²) >= 11 is 0. The van der Waals surface area contributed by atoms with Crippen LogP contribution in [0.5, 0.6) is 0 Å². The molecule has 0 radical (unpaired) electrons. The van der Waals surface area contributed by atoms with Gasteiger partial charge in [0.2, 0.25) is 5.91 Å². The van der Waals surface area contributed by atoms with E-state index in [0.29, 0.717) is 6.42 Å². The largest absolute Gasteiger partial charge is 0.481 e. The minimum absolute atomic E-state index is 0.183. The molecule has 0 aromatic carbocycles. The van der Waals surface area contributed by atoms with Gasteiger partial charge in [-0.15, -0.1) is 0 Å². The van der Waals surface area contributed by atoms with Gasteiger partial charge in [-0.3, -0.25) is 9.59 Å². The molecule has 0 heterocycles. The molecule has 0 bridgehead atoms. The van der Waals surface area contributed by atoms with E-state index in [-0.39, 0.29) is 12.5 Å². The molecular formula is C8H15NO3. The van der Waals surface area contributed by atoms with Crippen LogP contribution in [0.4, 0.5) is 0 Å². The highest BCUT2D eigenvalue weighted by Gasteiger charge is 2.15. The first kappa shape index (κ1) is 10.9. The number of carbonyl (C=O) groups is 2. The predicted molar refractivity (Wildman–Crippen MR) is 44.7 cm³/mol. The SMILES string of the molecule is CCCC(CNC(C)=O)C(=O)O. The molecule has 4 heteroatoms. The van der Waals surface area contributed by atoms with E-state index in [1.165, 1.54) is 6.92 Å². The molecule has 0 aromatic heterocycles. The van der Waals surface area contributed by atoms with Crippen molar-refractivity contribution in [3.05, 3.63) is 0 Å². The van der Waals surface area contributed by atoms with Crippen molar-refractivity contribution in [1.82, 2.24) is 5.32 Å². The number of hydrogen-bond donors (Lipinski definition) is 2. The van der Waals surface area contributed by atoms with Crippen molar-refractivity contribution < 1.29 is 14.7 Å². The van der Waals surface area contributed by atoms with Crippen molar-refractivity contribution in [3.63, 3.8) is 0 Å². The van der Waals surface area contributed by atoms with Gasteiger partial charge in [0.1, 0.15) is 0 Å². The summed E-state index contributed by atoms with van der Waals surface area (Å²) in [5.74, 6) is -1.47. The highest BCUT2D eigenvalue weighted by molar-refractivity contribution is 5.75. The van der Waals surface area contributed by atoms with E-state index >= 15 is 0 Å². The Hall–Kier alpha value is -1.06. The van der Waals surface area contributed by atoms with Crippen LogP contribution in [0.1, 0.15) is 26.7 Å². The van der Waals surface area contributed by atoms with Crippen molar-refractivity contribution in [1.29, 1.82) is 0 Å². The molecule has 1 amide bonds. The molecule has 1 atom stereocenters. The topological polar surface area (TPSA) is 66.4 Å². The van der Waals surface area contributed by atoms with Crippen molar-refractivity contribution in [3.8, 4) is 0 Å². The quantitative estimate of drug-likeness (QED) is 0.640. The molecule has 0 aliphatic carbocycles. The van der Waals surface area contributed by atoms with Gasteiger partial charge in [-0.1, -0.05) is 13.3 Å². The summed E-state index contributed by atoms with van der Waals surface area (Å²) < 4.78 is 0. The first-order valence-electron chi connectivity index (χ1n) is 4.05. The fraction of sp³-hybridized carbons (Fsp3) is 0.750. The van der Waals surface area contributed by atoms with Crippen LogP contribution in [-0.2, 0) is 9.59 Å². The molecule has 2 N–H and O–H groups in total. The molecule has 0 aromatic rings. The number of aliphatic carboxylic acids is 1. The molecule has 1 unspecified atom stereocenters. The van der Waals surface area contributed by atoms with Crippen molar-refractivity contribution in [2.24, 2.45) is 5.92 Å². The Bertz CT molecular complexity index is 168. The predicted octanol–water partition coefficient (Wildman–Crippen LogP) is 0.623. The Morgan fingerprint density at radius 1 is 1.50 bits per heavy atom. The van der Waals surface area contributed by atoms with Crippen LogP contribution in [0.3, 0.4) is 0 Å². The molecule has 0 rings (SSSR count). The van der Waals surface area contributed by atoms with Gasteiger partial charge in [-0.05, 0) is 6.42 Å². The molecule has 0 fully saturated rings. The van der Waals surface area contributed by atoms with Crippen molar-refractivity contribution >= 4 is 11.9 Å². The molecule has 0 spiro atoms. The lowest BCUT2D eigenvalue weighted by Gasteiger charge is -2.10. The highest BCUT2D eigenvalue weighted by atomic mass is 16.4. The second-order valence-corrected chi connectivity index (χ2v) is 2.76. The zero-order valence-electron chi connectivity index (χ0n) is 7.46. The second kappa shape index (κ2) is 5.57. The first-order valence-corrected chi connectivity index (χ1v) is 4.05. The summed E-state index contributed by atoms with van der Waals surface area (Å²) in [7, 11) is 0. The van der Waals surface area contributed by atoms with Crippen molar-refractivity contribution in [2.75, 3.05) is 6.54 Å². The molecule has 0 saturated carbocycles. The normalized spacial score (nSPS) is 12.2.